The normalized spacial score (nSPS) is 37.1. The third-order valence-corrected chi connectivity index (χ3v) is 1.72. The second-order valence-electron chi connectivity index (χ2n) is 1.77. The molecule has 0 aliphatic carbocycles. The van der Waals surface area contributed by atoms with Crippen LogP contribution in [0.2, 0.25) is 0 Å². The first-order valence-electron chi connectivity index (χ1n) is 2.11. The molecule has 0 unspecified atom stereocenters. The predicted molar refractivity (Wildman–Crippen MR) is 23.5 cm³/mol. The summed E-state index contributed by atoms with van der Waals surface area (Å²) in [6.45, 7) is 0. The van der Waals surface area contributed by atoms with E-state index >= 15 is 0 Å². The van der Waals surface area contributed by atoms with Gasteiger partial charge in [0.25, 0.3) is 0 Å². The van der Waals surface area contributed by atoms with Crippen molar-refractivity contribution < 1.29 is 35.4 Å². The van der Waals surface area contributed by atoms with Crippen molar-refractivity contribution in [1.29, 1.82) is 0 Å². The van der Waals surface area contributed by atoms with Gasteiger partial charge in [-0.25, -0.2) is 0 Å². The van der Waals surface area contributed by atoms with Crippen molar-refractivity contribution in [2.75, 3.05) is 0 Å². The van der Waals surface area contributed by atoms with Crippen LogP contribution in [-0.2, 0) is 18.6 Å². The van der Waals surface area contributed by atoms with Crippen LogP contribution >= 0.6 is 7.64 Å². The molecule has 1 rings (SSSR count). The molecular weight excluding hydrogens is 195 g/mol. The van der Waals surface area contributed by atoms with Crippen LogP contribution < -0.4 is 0 Å². The zero-order valence-corrected chi connectivity index (χ0v) is 5.49. The van der Waals surface area contributed by atoms with E-state index in [4.69, 9.17) is 0 Å². The summed E-state index contributed by atoms with van der Waals surface area (Å²) in [6.07, 6.45) is 0. The molecule has 1 heterocycles. The molecule has 1 saturated heterocycles. The maximum absolute atomic E-state index is 11.7. The fraction of sp³-hybridized carbons (Fsp3) is 0. The topological polar surface area (TPSA) is 52.6 Å². The van der Waals surface area contributed by atoms with Gasteiger partial charge in [0.2, 0.25) is 0 Å². The van der Waals surface area contributed by atoms with Crippen LogP contribution in [0.3, 0.4) is 0 Å². The van der Waals surface area contributed by atoms with E-state index in [2.05, 4.69) is 9.05 Å². The molecule has 1 fully saturated rings. The van der Waals surface area contributed by atoms with Gasteiger partial charge < -0.3 is 0 Å². The van der Waals surface area contributed by atoms with E-state index in [0.717, 1.165) is 0 Å². The minimum atomic E-state index is -9.47. The molecule has 4 nitrogen and oxygen atoms in total. The van der Waals surface area contributed by atoms with Gasteiger partial charge in [0, 0.05) is 0 Å². The summed E-state index contributed by atoms with van der Waals surface area (Å²) >= 11 is 0. The molecule has 0 spiro atoms. The van der Waals surface area contributed by atoms with Crippen molar-refractivity contribution in [2.45, 2.75) is 0 Å². The van der Waals surface area contributed by atoms with E-state index in [1.54, 1.807) is 0 Å². The molecule has 0 aromatic heterocycles. The molecule has 9 heteroatoms. The SMILES string of the molecule is O=C1O[P-](F)(F)(F)(F)OC1=O. The Bertz CT molecular complexity index is 240. The van der Waals surface area contributed by atoms with Crippen molar-refractivity contribution in [1.82, 2.24) is 0 Å². The van der Waals surface area contributed by atoms with E-state index in [9.17, 15) is 26.4 Å². The van der Waals surface area contributed by atoms with Gasteiger partial charge >= 0.3 is 55.0 Å². The van der Waals surface area contributed by atoms with Crippen molar-refractivity contribution in [2.24, 2.45) is 0 Å². The van der Waals surface area contributed by atoms with Gasteiger partial charge in [0.1, 0.15) is 0 Å². The van der Waals surface area contributed by atoms with Crippen molar-refractivity contribution in [3.63, 3.8) is 0 Å². The first kappa shape index (κ1) is 8.19. The molecule has 1 aliphatic heterocycles. The Balaban J connectivity index is 3.18. The molecule has 0 saturated carbocycles. The Morgan fingerprint density at radius 1 is 0.909 bits per heavy atom. The van der Waals surface area contributed by atoms with Crippen LogP contribution in [0.4, 0.5) is 16.8 Å². The molecule has 0 radical (unpaired) electrons. The van der Waals surface area contributed by atoms with Crippen LogP contribution in [0, 0.1) is 0 Å². The van der Waals surface area contributed by atoms with Crippen LogP contribution in [0.15, 0.2) is 0 Å². The van der Waals surface area contributed by atoms with Crippen molar-refractivity contribution >= 4 is 19.6 Å². The molecular formula is C2F4O4P-. The van der Waals surface area contributed by atoms with Crippen LogP contribution in [0.5, 0.6) is 0 Å². The summed E-state index contributed by atoms with van der Waals surface area (Å²) in [7, 11) is -9.47. The summed E-state index contributed by atoms with van der Waals surface area (Å²) in [4.78, 5) is 19.6. The minimum absolute atomic E-state index is 2.30. The summed E-state index contributed by atoms with van der Waals surface area (Å²) in [5.41, 5.74) is 0. The monoisotopic (exact) mass is 195 g/mol. The van der Waals surface area contributed by atoms with Crippen LogP contribution in [-0.4, -0.2) is 11.9 Å². The fourth-order valence-corrected chi connectivity index (χ4v) is 1.23. The molecule has 0 aromatic carbocycles. The Morgan fingerprint density at radius 3 is 1.27 bits per heavy atom. The Kier molecular flexibility index (Phi) is 0.908. The van der Waals surface area contributed by atoms with E-state index in [1.807, 2.05) is 0 Å². The molecule has 0 amide bonds. The number of carbonyl (C=O) groups excluding carboxylic acids is 2. The Labute approximate surface area is 56.2 Å². The van der Waals surface area contributed by atoms with Crippen molar-refractivity contribution in [3.8, 4) is 0 Å². The van der Waals surface area contributed by atoms with E-state index < -0.39 is 19.6 Å². The number of hydrogen-bond donors (Lipinski definition) is 0. The van der Waals surface area contributed by atoms with Gasteiger partial charge in [-0.2, -0.15) is 0 Å². The molecule has 11 heavy (non-hydrogen) atoms. The third-order valence-electron chi connectivity index (χ3n) is 0.683. The van der Waals surface area contributed by atoms with Gasteiger partial charge in [0.15, 0.2) is 0 Å². The molecule has 0 bridgehead atoms. The summed E-state index contributed by atoms with van der Waals surface area (Å²) < 4.78 is 51.5. The van der Waals surface area contributed by atoms with Gasteiger partial charge in [0.05, 0.1) is 0 Å². The summed E-state index contributed by atoms with van der Waals surface area (Å²) in [5, 5.41) is 0. The first-order valence-corrected chi connectivity index (χ1v) is 4.19. The summed E-state index contributed by atoms with van der Waals surface area (Å²) in [6, 6.07) is 0. The van der Waals surface area contributed by atoms with Gasteiger partial charge in [-0.3, -0.25) is 0 Å². The zero-order valence-electron chi connectivity index (χ0n) is 4.59. The number of carbonyl (C=O) groups is 2. The second-order valence-corrected chi connectivity index (χ2v) is 4.15. The third kappa shape index (κ3) is 1.56. The zero-order chi connectivity index (χ0) is 8.98. The van der Waals surface area contributed by atoms with Gasteiger partial charge in [-0.05, 0) is 0 Å². The van der Waals surface area contributed by atoms with Crippen molar-refractivity contribution in [3.05, 3.63) is 0 Å². The Morgan fingerprint density at radius 2 is 1.18 bits per heavy atom. The van der Waals surface area contributed by atoms with Crippen LogP contribution in [0.25, 0.3) is 0 Å². The molecule has 0 atom stereocenters. The predicted octanol–water partition coefficient (Wildman–Crippen LogP) is 1.54. The fourth-order valence-electron chi connectivity index (χ4n) is 0.412. The first-order chi connectivity index (χ1) is 4.51. The average molecular weight is 195 g/mol. The van der Waals surface area contributed by atoms with E-state index in [0.29, 0.717) is 0 Å². The number of rotatable bonds is 0. The average Bonchev–Trinajstić information content (AvgIpc) is 1.70. The molecule has 1 aliphatic rings. The number of hydrogen-bond acceptors (Lipinski definition) is 4. The van der Waals surface area contributed by atoms with Gasteiger partial charge in [-0.1, -0.05) is 0 Å². The van der Waals surface area contributed by atoms with E-state index in [-0.39, 0.29) is 0 Å². The standard InChI is InChI=1S/C2F4O4P/c3-11(4,5,6)9-1(7)2(8)10-11/q-1. The Hall–Kier alpha value is -0.910. The quantitative estimate of drug-likeness (QED) is 0.334. The van der Waals surface area contributed by atoms with Crippen LogP contribution in [0.1, 0.15) is 0 Å². The second kappa shape index (κ2) is 1.22. The van der Waals surface area contributed by atoms with Gasteiger partial charge in [-0.15, -0.1) is 0 Å². The maximum atomic E-state index is 11.7. The molecule has 66 valence electrons. The van der Waals surface area contributed by atoms with E-state index in [1.165, 1.54) is 0 Å². The molecule has 0 N–H and O–H groups in total. The number of halogens is 4. The molecule has 0 aromatic rings. The summed E-state index contributed by atoms with van der Waals surface area (Å²) in [5.74, 6) is -4.76.